The minimum atomic E-state index is -0.484. The summed E-state index contributed by atoms with van der Waals surface area (Å²) in [5.74, 6) is 0.249. The van der Waals surface area contributed by atoms with Gasteiger partial charge >= 0.3 is 0 Å². The summed E-state index contributed by atoms with van der Waals surface area (Å²) < 4.78 is 0. The van der Waals surface area contributed by atoms with E-state index in [0.717, 1.165) is 53.4 Å². The van der Waals surface area contributed by atoms with Crippen LogP contribution in [0.3, 0.4) is 0 Å². The smallest absolute Gasteiger partial charge is 0.268 e. The highest BCUT2D eigenvalue weighted by Crippen LogP contribution is 2.28. The number of hydrogen-bond acceptors (Lipinski definition) is 6. The van der Waals surface area contributed by atoms with E-state index in [1.54, 1.807) is 12.3 Å². The average Bonchev–Trinajstić information content (AvgIpc) is 3.34. The summed E-state index contributed by atoms with van der Waals surface area (Å²) in [5.41, 5.74) is 1.77. The maximum atomic E-state index is 12.5. The summed E-state index contributed by atoms with van der Waals surface area (Å²) in [6.07, 6.45) is 5.64. The molecule has 1 amide bonds. The fourth-order valence-corrected chi connectivity index (χ4v) is 4.07. The van der Waals surface area contributed by atoms with Crippen molar-refractivity contribution < 1.29 is 4.79 Å². The van der Waals surface area contributed by atoms with Crippen LogP contribution < -0.4 is 10.2 Å². The first kappa shape index (κ1) is 18.2. The van der Waals surface area contributed by atoms with E-state index < -0.39 is 5.91 Å². The minimum Gasteiger partial charge on any atom is -0.361 e. The van der Waals surface area contributed by atoms with Gasteiger partial charge in [-0.1, -0.05) is 36.5 Å². The van der Waals surface area contributed by atoms with Crippen molar-refractivity contribution in [1.82, 2.24) is 15.2 Å². The summed E-state index contributed by atoms with van der Waals surface area (Å²) in [5, 5.41) is 22.6. The van der Waals surface area contributed by atoms with Gasteiger partial charge in [0.1, 0.15) is 11.6 Å². The van der Waals surface area contributed by atoms with Crippen LogP contribution in [0.2, 0.25) is 0 Å². The van der Waals surface area contributed by atoms with E-state index in [4.69, 9.17) is 0 Å². The molecule has 2 aromatic heterocycles. The SMILES string of the molecule is CC1CCN(c2nnc(NC(=O)/C(C#N)=C\c3c[nH]c4ccccc34)s2)CC1. The molecule has 0 radical (unpaired) electrons. The molecule has 8 heteroatoms. The Morgan fingerprint density at radius 1 is 1.36 bits per heavy atom. The predicted molar refractivity (Wildman–Crippen MR) is 111 cm³/mol. The molecule has 1 aliphatic rings. The second-order valence-corrected chi connectivity index (χ2v) is 7.93. The molecule has 0 spiro atoms. The Morgan fingerprint density at radius 3 is 2.93 bits per heavy atom. The zero-order valence-corrected chi connectivity index (χ0v) is 16.3. The topological polar surface area (TPSA) is 97.7 Å². The van der Waals surface area contributed by atoms with Crippen molar-refractivity contribution in [3.63, 3.8) is 0 Å². The number of fused-ring (bicyclic) bond motifs is 1. The molecule has 1 aromatic carbocycles. The van der Waals surface area contributed by atoms with Gasteiger partial charge in [0, 0.05) is 35.8 Å². The van der Waals surface area contributed by atoms with E-state index in [-0.39, 0.29) is 5.57 Å². The molecule has 3 aromatic rings. The molecule has 7 nitrogen and oxygen atoms in total. The predicted octanol–water partition coefficient (Wildman–Crippen LogP) is 3.80. The molecule has 1 aliphatic heterocycles. The average molecular weight is 392 g/mol. The number of para-hydroxylation sites is 1. The molecule has 3 heterocycles. The highest BCUT2D eigenvalue weighted by Gasteiger charge is 2.20. The normalized spacial score (nSPS) is 15.6. The first-order valence-corrected chi connectivity index (χ1v) is 10.0. The van der Waals surface area contributed by atoms with Crippen molar-refractivity contribution >= 4 is 44.5 Å². The Labute approximate surface area is 166 Å². The number of benzene rings is 1. The monoisotopic (exact) mass is 392 g/mol. The maximum absolute atomic E-state index is 12.5. The number of nitriles is 1. The van der Waals surface area contributed by atoms with Crippen molar-refractivity contribution in [3.8, 4) is 6.07 Å². The first-order chi connectivity index (χ1) is 13.6. The lowest BCUT2D eigenvalue weighted by Crippen LogP contribution is -2.32. The maximum Gasteiger partial charge on any atom is 0.268 e. The number of carbonyl (C=O) groups excluding carboxylic acids is 1. The number of nitrogens with one attached hydrogen (secondary N) is 2. The van der Waals surface area contributed by atoms with Crippen LogP contribution >= 0.6 is 11.3 Å². The lowest BCUT2D eigenvalue weighted by Gasteiger charge is -2.29. The van der Waals surface area contributed by atoms with Crippen molar-refractivity contribution in [2.75, 3.05) is 23.3 Å². The van der Waals surface area contributed by atoms with Crippen LogP contribution in [0, 0.1) is 17.2 Å². The third kappa shape index (κ3) is 3.75. The number of piperidine rings is 1. The fourth-order valence-electron chi connectivity index (χ4n) is 3.28. The molecular weight excluding hydrogens is 372 g/mol. The number of rotatable bonds is 4. The van der Waals surface area contributed by atoms with Gasteiger partial charge in [0.25, 0.3) is 5.91 Å². The van der Waals surface area contributed by atoms with Crippen LogP contribution in [0.1, 0.15) is 25.3 Å². The van der Waals surface area contributed by atoms with Crippen LogP contribution in [0.5, 0.6) is 0 Å². The van der Waals surface area contributed by atoms with E-state index in [0.29, 0.717) is 5.13 Å². The number of aromatic amines is 1. The number of nitrogens with zero attached hydrogens (tertiary/aromatic N) is 4. The molecule has 28 heavy (non-hydrogen) atoms. The fraction of sp³-hybridized carbons (Fsp3) is 0.300. The number of carbonyl (C=O) groups is 1. The minimum absolute atomic E-state index is 0.0216. The molecule has 0 aliphatic carbocycles. The quantitative estimate of drug-likeness (QED) is 0.520. The van der Waals surface area contributed by atoms with Crippen LogP contribution in [0.4, 0.5) is 10.3 Å². The summed E-state index contributed by atoms with van der Waals surface area (Å²) in [6.45, 7) is 4.16. The van der Waals surface area contributed by atoms with Gasteiger partial charge in [-0.3, -0.25) is 10.1 Å². The number of hydrogen-bond donors (Lipinski definition) is 2. The number of amides is 1. The second-order valence-electron chi connectivity index (χ2n) is 6.97. The zero-order chi connectivity index (χ0) is 19.5. The Hall–Kier alpha value is -3.18. The zero-order valence-electron chi connectivity index (χ0n) is 15.5. The molecule has 1 saturated heterocycles. The third-order valence-corrected chi connectivity index (χ3v) is 5.87. The van der Waals surface area contributed by atoms with Crippen LogP contribution in [0.15, 0.2) is 36.0 Å². The van der Waals surface area contributed by atoms with Crippen LogP contribution in [0.25, 0.3) is 17.0 Å². The molecular formula is C20H20N6OS. The van der Waals surface area contributed by atoms with Gasteiger partial charge < -0.3 is 9.88 Å². The summed E-state index contributed by atoms with van der Waals surface area (Å²) in [4.78, 5) is 17.9. The van der Waals surface area contributed by atoms with Crippen molar-refractivity contribution in [2.45, 2.75) is 19.8 Å². The molecule has 4 rings (SSSR count). The summed E-state index contributed by atoms with van der Waals surface area (Å²) >= 11 is 1.34. The lowest BCUT2D eigenvalue weighted by molar-refractivity contribution is -0.112. The van der Waals surface area contributed by atoms with Crippen molar-refractivity contribution in [3.05, 3.63) is 41.6 Å². The third-order valence-electron chi connectivity index (χ3n) is 4.98. The number of anilines is 2. The van der Waals surface area contributed by atoms with Gasteiger partial charge in [-0.05, 0) is 30.9 Å². The Bertz CT molecular complexity index is 1070. The largest absolute Gasteiger partial charge is 0.361 e. The van der Waals surface area contributed by atoms with Crippen LogP contribution in [-0.2, 0) is 4.79 Å². The molecule has 0 bridgehead atoms. The van der Waals surface area contributed by atoms with Gasteiger partial charge in [-0.2, -0.15) is 5.26 Å². The lowest BCUT2D eigenvalue weighted by atomic mass is 10.00. The standard InChI is InChI=1S/C20H20N6OS/c1-13-6-8-26(9-7-13)20-25-24-19(28-20)23-18(27)14(11-21)10-15-12-22-17-5-3-2-4-16(15)17/h2-5,10,12-13,22H,6-9H2,1H3,(H,23,24,27)/b14-10-. The molecule has 142 valence electrons. The number of H-pyrrole nitrogens is 1. The summed E-state index contributed by atoms with van der Waals surface area (Å²) in [7, 11) is 0. The van der Waals surface area contributed by atoms with E-state index in [2.05, 4.69) is 32.3 Å². The summed E-state index contributed by atoms with van der Waals surface area (Å²) in [6, 6.07) is 9.73. The molecule has 0 atom stereocenters. The van der Waals surface area contributed by atoms with E-state index in [1.165, 1.54) is 11.3 Å². The highest BCUT2D eigenvalue weighted by molar-refractivity contribution is 7.19. The van der Waals surface area contributed by atoms with E-state index in [1.807, 2.05) is 30.3 Å². The van der Waals surface area contributed by atoms with Crippen molar-refractivity contribution in [2.24, 2.45) is 5.92 Å². The van der Waals surface area contributed by atoms with Gasteiger partial charge in [0.05, 0.1) is 0 Å². The van der Waals surface area contributed by atoms with Gasteiger partial charge in [-0.15, -0.1) is 10.2 Å². The van der Waals surface area contributed by atoms with E-state index in [9.17, 15) is 10.1 Å². The second kappa shape index (κ2) is 7.82. The Morgan fingerprint density at radius 2 is 2.14 bits per heavy atom. The molecule has 1 fully saturated rings. The number of aromatic nitrogens is 3. The van der Waals surface area contributed by atoms with Gasteiger partial charge in [0.15, 0.2) is 0 Å². The first-order valence-electron chi connectivity index (χ1n) is 9.22. The van der Waals surface area contributed by atoms with E-state index >= 15 is 0 Å². The van der Waals surface area contributed by atoms with Crippen molar-refractivity contribution in [1.29, 1.82) is 5.26 Å². The molecule has 0 unspecified atom stereocenters. The Balaban J connectivity index is 1.49. The van der Waals surface area contributed by atoms with Crippen LogP contribution in [-0.4, -0.2) is 34.2 Å². The molecule has 0 saturated carbocycles. The van der Waals surface area contributed by atoms with Gasteiger partial charge in [-0.25, -0.2) is 0 Å². The van der Waals surface area contributed by atoms with Gasteiger partial charge in [0.2, 0.25) is 10.3 Å². The Kier molecular flexibility index (Phi) is 5.08. The molecule has 2 N–H and O–H groups in total. The highest BCUT2D eigenvalue weighted by atomic mass is 32.1.